The highest BCUT2D eigenvalue weighted by atomic mass is 14.7. The van der Waals surface area contributed by atoms with Crippen molar-refractivity contribution in [2.75, 3.05) is 0 Å². The van der Waals surface area contributed by atoms with E-state index in [1.807, 2.05) is 55.6 Å². The number of aryl methyl sites for hydroxylation is 1. The van der Waals surface area contributed by atoms with Crippen LogP contribution >= 0.6 is 0 Å². The molecule has 4 rings (SSSR count). The van der Waals surface area contributed by atoms with Gasteiger partial charge >= 0.3 is 0 Å². The molecule has 0 bridgehead atoms. The van der Waals surface area contributed by atoms with Crippen molar-refractivity contribution in [2.24, 2.45) is 0 Å². The Hall–Kier alpha value is -2.88. The lowest BCUT2D eigenvalue weighted by Gasteiger charge is -1.95. The highest BCUT2D eigenvalue weighted by molar-refractivity contribution is 5.77. The predicted octanol–water partition coefficient (Wildman–Crippen LogP) is 3.57. The van der Waals surface area contributed by atoms with E-state index in [9.17, 15) is 0 Å². The van der Waals surface area contributed by atoms with Gasteiger partial charge in [0.25, 0.3) is 0 Å². The predicted molar refractivity (Wildman–Crippen MR) is 83.8 cm³/mol. The summed E-state index contributed by atoms with van der Waals surface area (Å²) in [6.07, 6.45) is 7.17. The molecule has 4 aromatic heterocycles. The third kappa shape index (κ3) is 3.17. The van der Waals surface area contributed by atoms with Crippen molar-refractivity contribution in [3.8, 4) is 0 Å². The number of fused-ring (bicyclic) bond motifs is 2. The fourth-order valence-corrected chi connectivity index (χ4v) is 1.97. The average molecular weight is 274 g/mol. The Morgan fingerprint density at radius 1 is 0.667 bits per heavy atom. The van der Waals surface area contributed by atoms with Gasteiger partial charge in [0.2, 0.25) is 0 Å². The molecule has 0 N–H and O–H groups in total. The van der Waals surface area contributed by atoms with Crippen LogP contribution in [0.3, 0.4) is 0 Å². The minimum atomic E-state index is 0.949. The largest absolute Gasteiger partial charge is 0.261 e. The lowest BCUT2D eigenvalue weighted by atomic mass is 10.2. The van der Waals surface area contributed by atoms with Crippen LogP contribution < -0.4 is 0 Å². The molecule has 4 heteroatoms. The van der Waals surface area contributed by atoms with Crippen molar-refractivity contribution in [1.82, 2.24) is 19.9 Å². The van der Waals surface area contributed by atoms with Crippen LogP contribution in [-0.4, -0.2) is 19.9 Å². The maximum Gasteiger partial charge on any atom is 0.0886 e. The number of pyridine rings is 4. The molecule has 4 heterocycles. The Balaban J connectivity index is 0.000000126. The van der Waals surface area contributed by atoms with Crippen molar-refractivity contribution >= 4 is 21.9 Å². The van der Waals surface area contributed by atoms with Crippen molar-refractivity contribution < 1.29 is 0 Å². The Morgan fingerprint density at radius 2 is 1.24 bits per heavy atom. The lowest BCUT2D eigenvalue weighted by molar-refractivity contribution is 1.21. The van der Waals surface area contributed by atoms with Crippen molar-refractivity contribution in [2.45, 2.75) is 6.92 Å². The first kappa shape index (κ1) is 13.1. The summed E-state index contributed by atoms with van der Waals surface area (Å²) in [5.41, 5.74) is 3.92. The maximum atomic E-state index is 4.20. The molecule has 0 aliphatic carbocycles. The SMILES string of the molecule is Cc1cc2ncccc2cn1.c1cnc2cccnc2c1. The first-order valence-corrected chi connectivity index (χ1v) is 6.66. The second-order valence-corrected chi connectivity index (χ2v) is 4.57. The van der Waals surface area contributed by atoms with Gasteiger partial charge in [0, 0.05) is 35.9 Å². The second kappa shape index (κ2) is 6.05. The van der Waals surface area contributed by atoms with Gasteiger partial charge in [0.05, 0.1) is 16.6 Å². The smallest absolute Gasteiger partial charge is 0.0886 e. The van der Waals surface area contributed by atoms with E-state index in [4.69, 9.17) is 0 Å². The first-order chi connectivity index (χ1) is 10.3. The normalized spacial score (nSPS) is 10.1. The van der Waals surface area contributed by atoms with Gasteiger partial charge in [-0.25, -0.2) is 0 Å². The monoisotopic (exact) mass is 274 g/mol. The van der Waals surface area contributed by atoms with E-state index in [1.165, 1.54) is 0 Å². The fourth-order valence-electron chi connectivity index (χ4n) is 1.97. The summed E-state index contributed by atoms with van der Waals surface area (Å²) in [6, 6.07) is 13.6. The molecule has 0 amide bonds. The van der Waals surface area contributed by atoms with Gasteiger partial charge < -0.3 is 0 Å². The summed E-state index contributed by atoms with van der Waals surface area (Å²) in [4.78, 5) is 16.6. The van der Waals surface area contributed by atoms with Crippen molar-refractivity contribution in [1.29, 1.82) is 0 Å². The molecule has 0 saturated heterocycles. The Bertz CT molecular complexity index is 809. The molecule has 0 saturated carbocycles. The molecule has 0 atom stereocenters. The third-order valence-corrected chi connectivity index (χ3v) is 2.99. The lowest BCUT2D eigenvalue weighted by Crippen LogP contribution is -1.82. The molecular weight excluding hydrogens is 260 g/mol. The van der Waals surface area contributed by atoms with Crippen LogP contribution in [0.4, 0.5) is 0 Å². The average Bonchev–Trinajstić information content (AvgIpc) is 2.55. The zero-order valence-electron chi connectivity index (χ0n) is 11.6. The van der Waals surface area contributed by atoms with Gasteiger partial charge in [-0.05, 0) is 49.4 Å². The molecule has 0 fully saturated rings. The number of aromatic nitrogens is 4. The maximum absolute atomic E-state index is 4.20. The van der Waals surface area contributed by atoms with Crippen LogP contribution in [0.25, 0.3) is 21.9 Å². The summed E-state index contributed by atoms with van der Waals surface area (Å²) in [6.45, 7) is 1.97. The quantitative estimate of drug-likeness (QED) is 0.492. The van der Waals surface area contributed by atoms with Crippen LogP contribution in [0.1, 0.15) is 5.69 Å². The summed E-state index contributed by atoms with van der Waals surface area (Å²) in [5.74, 6) is 0. The standard InChI is InChI=1S/C9H8N2.C8H6N2/c1-7-5-9-8(6-11-7)3-2-4-10-9;1-3-7-8(9-5-1)4-2-6-10-7/h2-6H,1H3;1-6H. The highest BCUT2D eigenvalue weighted by Gasteiger charge is 1.92. The molecule has 4 nitrogen and oxygen atoms in total. The molecule has 21 heavy (non-hydrogen) atoms. The first-order valence-electron chi connectivity index (χ1n) is 6.66. The molecule has 4 aromatic rings. The summed E-state index contributed by atoms with van der Waals surface area (Å²) in [5, 5.41) is 1.10. The summed E-state index contributed by atoms with van der Waals surface area (Å²) < 4.78 is 0. The molecule has 0 aliphatic heterocycles. The van der Waals surface area contributed by atoms with Crippen molar-refractivity contribution in [3.63, 3.8) is 0 Å². The summed E-state index contributed by atoms with van der Waals surface area (Å²) in [7, 11) is 0. The summed E-state index contributed by atoms with van der Waals surface area (Å²) >= 11 is 0. The Labute approximate surface area is 122 Å². The molecule has 0 spiro atoms. The fraction of sp³-hybridized carbons (Fsp3) is 0.0588. The van der Waals surface area contributed by atoms with E-state index in [2.05, 4.69) is 19.9 Å². The molecule has 0 radical (unpaired) electrons. The van der Waals surface area contributed by atoms with Crippen LogP contribution in [0.5, 0.6) is 0 Å². The van der Waals surface area contributed by atoms with E-state index < -0.39 is 0 Å². The second-order valence-electron chi connectivity index (χ2n) is 4.57. The topological polar surface area (TPSA) is 51.6 Å². The van der Waals surface area contributed by atoms with Gasteiger partial charge in [0.1, 0.15) is 0 Å². The highest BCUT2D eigenvalue weighted by Crippen LogP contribution is 2.09. The van der Waals surface area contributed by atoms with Gasteiger partial charge in [-0.3, -0.25) is 19.9 Å². The molecule has 0 unspecified atom stereocenters. The number of hydrogen-bond acceptors (Lipinski definition) is 4. The molecule has 0 aliphatic rings. The zero-order chi connectivity index (χ0) is 14.5. The molecular formula is C17H14N4. The van der Waals surface area contributed by atoms with Gasteiger partial charge in [0.15, 0.2) is 0 Å². The van der Waals surface area contributed by atoms with E-state index >= 15 is 0 Å². The van der Waals surface area contributed by atoms with Gasteiger partial charge in [-0.2, -0.15) is 0 Å². The Kier molecular flexibility index (Phi) is 3.78. The van der Waals surface area contributed by atoms with Crippen LogP contribution in [-0.2, 0) is 0 Å². The number of rotatable bonds is 0. The van der Waals surface area contributed by atoms with E-state index in [-0.39, 0.29) is 0 Å². The van der Waals surface area contributed by atoms with Crippen molar-refractivity contribution in [3.05, 3.63) is 72.9 Å². The van der Waals surface area contributed by atoms with Crippen LogP contribution in [0.15, 0.2) is 67.3 Å². The van der Waals surface area contributed by atoms with Gasteiger partial charge in [-0.15, -0.1) is 0 Å². The number of hydrogen-bond donors (Lipinski definition) is 0. The minimum Gasteiger partial charge on any atom is -0.261 e. The van der Waals surface area contributed by atoms with Gasteiger partial charge in [-0.1, -0.05) is 0 Å². The Morgan fingerprint density at radius 3 is 1.90 bits per heavy atom. The van der Waals surface area contributed by atoms with E-state index in [1.54, 1.807) is 18.6 Å². The number of nitrogens with zero attached hydrogens (tertiary/aromatic N) is 4. The van der Waals surface area contributed by atoms with Crippen LogP contribution in [0.2, 0.25) is 0 Å². The zero-order valence-corrected chi connectivity index (χ0v) is 11.6. The van der Waals surface area contributed by atoms with E-state index in [0.29, 0.717) is 0 Å². The third-order valence-electron chi connectivity index (χ3n) is 2.99. The van der Waals surface area contributed by atoms with Crippen LogP contribution in [0, 0.1) is 6.92 Å². The minimum absolute atomic E-state index is 0.949. The van der Waals surface area contributed by atoms with E-state index in [0.717, 1.165) is 27.6 Å². The molecule has 0 aromatic carbocycles. The molecule has 102 valence electrons.